The number of fused-ring (bicyclic) bond motifs is 1. The average Bonchev–Trinajstić information content (AvgIpc) is 2.61. The number of hydrogen-bond donors (Lipinski definition) is 0. The zero-order valence-corrected chi connectivity index (χ0v) is 15.5. The van der Waals surface area contributed by atoms with Gasteiger partial charge in [0, 0.05) is 32.6 Å². The molecular weight excluding hydrogens is 336 g/mol. The van der Waals surface area contributed by atoms with Crippen LogP contribution in [0.25, 0.3) is 10.8 Å². The largest absolute Gasteiger partial charge is 0.341 e. The van der Waals surface area contributed by atoms with E-state index in [0.29, 0.717) is 32.5 Å². The fourth-order valence-corrected chi connectivity index (χ4v) is 4.38. The van der Waals surface area contributed by atoms with Gasteiger partial charge in [0.15, 0.2) is 0 Å². The van der Waals surface area contributed by atoms with Crippen LogP contribution < -0.4 is 0 Å². The first-order valence-electron chi connectivity index (χ1n) is 8.53. The fourth-order valence-electron chi connectivity index (χ4n) is 3.51. The molecule has 2 aromatic carbocycles. The maximum Gasteiger partial charge on any atom is 0.225 e. The van der Waals surface area contributed by atoms with E-state index in [1.807, 2.05) is 25.2 Å². The van der Waals surface area contributed by atoms with Crippen LogP contribution in [0.3, 0.4) is 0 Å². The number of hydrogen-bond acceptors (Lipinski definition) is 3. The second kappa shape index (κ2) is 7.14. The molecule has 0 N–H and O–H groups in total. The lowest BCUT2D eigenvalue weighted by molar-refractivity contribution is -0.135. The van der Waals surface area contributed by atoms with Gasteiger partial charge in [0.2, 0.25) is 15.9 Å². The SMILES string of the molecule is CN(Cc1cccc2ccccc12)C(=O)C1CCN(S(C)(=O)=O)CC1. The average molecular weight is 360 g/mol. The van der Waals surface area contributed by atoms with Crippen LogP contribution in [0.15, 0.2) is 42.5 Å². The monoisotopic (exact) mass is 360 g/mol. The number of piperidine rings is 1. The Morgan fingerprint density at radius 1 is 1.12 bits per heavy atom. The molecule has 6 heteroatoms. The summed E-state index contributed by atoms with van der Waals surface area (Å²) in [5.74, 6) is -0.000869. The minimum atomic E-state index is -3.16. The van der Waals surface area contributed by atoms with E-state index < -0.39 is 10.0 Å². The van der Waals surface area contributed by atoms with E-state index in [2.05, 4.69) is 24.3 Å². The van der Waals surface area contributed by atoms with Crippen LogP contribution >= 0.6 is 0 Å². The second-order valence-corrected chi connectivity index (χ2v) is 8.75. The van der Waals surface area contributed by atoms with Crippen molar-refractivity contribution in [1.82, 2.24) is 9.21 Å². The number of nitrogens with zero attached hydrogens (tertiary/aromatic N) is 2. The molecule has 1 saturated heterocycles. The van der Waals surface area contributed by atoms with Gasteiger partial charge in [-0.3, -0.25) is 4.79 Å². The zero-order chi connectivity index (χ0) is 18.0. The summed E-state index contributed by atoms with van der Waals surface area (Å²) in [6.45, 7) is 1.42. The van der Waals surface area contributed by atoms with Crippen molar-refractivity contribution in [2.75, 3.05) is 26.4 Å². The first-order chi connectivity index (χ1) is 11.9. The molecule has 25 heavy (non-hydrogen) atoms. The molecule has 0 saturated carbocycles. The van der Waals surface area contributed by atoms with Crippen LogP contribution in [0.1, 0.15) is 18.4 Å². The molecular formula is C19H24N2O3S. The number of carbonyl (C=O) groups is 1. The Kier molecular flexibility index (Phi) is 5.11. The third-order valence-corrected chi connectivity index (χ3v) is 6.24. The number of amides is 1. The molecule has 0 unspecified atom stereocenters. The Bertz CT molecular complexity index is 866. The van der Waals surface area contributed by atoms with E-state index in [1.54, 1.807) is 4.90 Å². The topological polar surface area (TPSA) is 57.7 Å². The van der Waals surface area contributed by atoms with Crippen LogP contribution in [0.5, 0.6) is 0 Å². The molecule has 0 spiro atoms. The molecule has 5 nitrogen and oxygen atoms in total. The summed E-state index contributed by atoms with van der Waals surface area (Å²) in [6, 6.07) is 14.3. The lowest BCUT2D eigenvalue weighted by atomic mass is 9.96. The number of carbonyl (C=O) groups excluding carboxylic acids is 1. The molecule has 0 aromatic heterocycles. The van der Waals surface area contributed by atoms with Crippen molar-refractivity contribution in [3.63, 3.8) is 0 Å². The smallest absolute Gasteiger partial charge is 0.225 e. The Hall–Kier alpha value is -1.92. The van der Waals surface area contributed by atoms with E-state index in [-0.39, 0.29) is 11.8 Å². The van der Waals surface area contributed by atoms with Crippen molar-refractivity contribution in [2.24, 2.45) is 5.92 Å². The summed E-state index contributed by atoms with van der Waals surface area (Å²) in [5.41, 5.74) is 1.13. The molecule has 1 heterocycles. The Balaban J connectivity index is 1.67. The van der Waals surface area contributed by atoms with Crippen molar-refractivity contribution < 1.29 is 13.2 Å². The highest BCUT2D eigenvalue weighted by Crippen LogP contribution is 2.23. The Morgan fingerprint density at radius 3 is 2.44 bits per heavy atom. The van der Waals surface area contributed by atoms with Crippen molar-refractivity contribution in [3.8, 4) is 0 Å². The zero-order valence-electron chi connectivity index (χ0n) is 14.7. The van der Waals surface area contributed by atoms with Gasteiger partial charge in [-0.05, 0) is 29.2 Å². The molecule has 3 rings (SSSR count). The second-order valence-electron chi connectivity index (χ2n) is 6.77. The maximum absolute atomic E-state index is 12.8. The Labute approximate surface area is 149 Å². The van der Waals surface area contributed by atoms with E-state index in [9.17, 15) is 13.2 Å². The van der Waals surface area contributed by atoms with E-state index in [0.717, 1.165) is 10.9 Å². The molecule has 134 valence electrons. The summed E-state index contributed by atoms with van der Waals surface area (Å²) in [7, 11) is -1.33. The van der Waals surface area contributed by atoms with Crippen LogP contribution in [0.4, 0.5) is 0 Å². The highest BCUT2D eigenvalue weighted by molar-refractivity contribution is 7.88. The predicted octanol–water partition coefficient (Wildman–Crippen LogP) is 2.47. The van der Waals surface area contributed by atoms with Gasteiger partial charge in [0.05, 0.1) is 6.26 Å². The Morgan fingerprint density at radius 2 is 1.76 bits per heavy atom. The molecule has 2 aromatic rings. The molecule has 0 aliphatic carbocycles. The van der Waals surface area contributed by atoms with E-state index in [4.69, 9.17) is 0 Å². The summed E-state index contributed by atoms with van der Waals surface area (Å²) >= 11 is 0. The lowest BCUT2D eigenvalue weighted by Crippen LogP contribution is -2.42. The predicted molar refractivity (Wildman–Crippen MR) is 99.6 cm³/mol. The first-order valence-corrected chi connectivity index (χ1v) is 10.4. The number of sulfonamides is 1. The quantitative estimate of drug-likeness (QED) is 0.842. The van der Waals surface area contributed by atoms with Gasteiger partial charge in [-0.25, -0.2) is 12.7 Å². The van der Waals surface area contributed by atoms with Gasteiger partial charge < -0.3 is 4.90 Å². The maximum atomic E-state index is 12.8. The van der Waals surface area contributed by atoms with Crippen molar-refractivity contribution in [3.05, 3.63) is 48.0 Å². The van der Waals surface area contributed by atoms with Crippen LogP contribution in [0, 0.1) is 5.92 Å². The lowest BCUT2D eigenvalue weighted by Gasteiger charge is -2.31. The van der Waals surface area contributed by atoms with Gasteiger partial charge in [-0.1, -0.05) is 42.5 Å². The molecule has 1 aliphatic heterocycles. The molecule has 1 fully saturated rings. The normalized spacial score (nSPS) is 16.9. The third-order valence-electron chi connectivity index (χ3n) is 4.94. The molecule has 0 bridgehead atoms. The van der Waals surface area contributed by atoms with Gasteiger partial charge in [-0.15, -0.1) is 0 Å². The highest BCUT2D eigenvalue weighted by Gasteiger charge is 2.30. The fraction of sp³-hybridized carbons (Fsp3) is 0.421. The van der Waals surface area contributed by atoms with Crippen LogP contribution in [0.2, 0.25) is 0 Å². The minimum absolute atomic E-state index is 0.0982. The molecule has 0 radical (unpaired) electrons. The van der Waals surface area contributed by atoms with Gasteiger partial charge in [0.1, 0.15) is 0 Å². The van der Waals surface area contributed by atoms with E-state index in [1.165, 1.54) is 15.9 Å². The summed E-state index contributed by atoms with van der Waals surface area (Å²) in [6.07, 6.45) is 2.40. The first kappa shape index (κ1) is 17.9. The van der Waals surface area contributed by atoms with Crippen molar-refractivity contribution >= 4 is 26.7 Å². The summed E-state index contributed by atoms with van der Waals surface area (Å²) in [5, 5.41) is 2.33. The van der Waals surface area contributed by atoms with Crippen molar-refractivity contribution in [2.45, 2.75) is 19.4 Å². The summed E-state index contributed by atoms with van der Waals surface area (Å²) < 4.78 is 24.6. The summed E-state index contributed by atoms with van der Waals surface area (Å²) in [4.78, 5) is 14.5. The van der Waals surface area contributed by atoms with Gasteiger partial charge in [0.25, 0.3) is 0 Å². The highest BCUT2D eigenvalue weighted by atomic mass is 32.2. The number of rotatable bonds is 4. The molecule has 1 amide bonds. The van der Waals surface area contributed by atoms with Crippen molar-refractivity contribution in [1.29, 1.82) is 0 Å². The van der Waals surface area contributed by atoms with Crippen LogP contribution in [-0.2, 0) is 21.4 Å². The minimum Gasteiger partial charge on any atom is -0.341 e. The molecule has 1 aliphatic rings. The van der Waals surface area contributed by atoms with E-state index >= 15 is 0 Å². The third kappa shape index (κ3) is 4.02. The van der Waals surface area contributed by atoms with Crippen LogP contribution in [-0.4, -0.2) is 49.9 Å². The number of benzene rings is 2. The van der Waals surface area contributed by atoms with Gasteiger partial charge >= 0.3 is 0 Å². The molecule has 0 atom stereocenters. The van der Waals surface area contributed by atoms with Gasteiger partial charge in [-0.2, -0.15) is 0 Å². The standard InChI is InChI=1S/C19H24N2O3S/c1-20(14-17-8-5-7-15-6-3-4-9-18(15)17)19(22)16-10-12-21(13-11-16)25(2,23)24/h3-9,16H,10-14H2,1-2H3.